The molecule has 0 spiro atoms. The Labute approximate surface area is 160 Å². The third kappa shape index (κ3) is 3.66. The van der Waals surface area contributed by atoms with Crippen molar-refractivity contribution in [1.29, 1.82) is 10.5 Å². The number of hydrogen-bond donors (Lipinski definition) is 0. The van der Waals surface area contributed by atoms with Crippen LogP contribution in [0.4, 0.5) is 11.4 Å². The van der Waals surface area contributed by atoms with Gasteiger partial charge in [-0.25, -0.2) is 4.99 Å². The molecule has 0 unspecified atom stereocenters. The Morgan fingerprint density at radius 2 is 1.52 bits per heavy atom. The van der Waals surface area contributed by atoms with Crippen LogP contribution in [0.25, 0.3) is 5.57 Å². The molecule has 0 amide bonds. The van der Waals surface area contributed by atoms with Crippen LogP contribution in [0.1, 0.15) is 25.0 Å². The van der Waals surface area contributed by atoms with Crippen LogP contribution in [-0.2, 0) is 0 Å². The van der Waals surface area contributed by atoms with Crippen molar-refractivity contribution >= 4 is 22.7 Å². The van der Waals surface area contributed by atoms with E-state index in [1.807, 2.05) is 54.6 Å². The van der Waals surface area contributed by atoms with Crippen molar-refractivity contribution < 1.29 is 0 Å². The molecule has 3 rings (SSSR count). The SMILES string of the molecule is CCN(CC)c1ccc(N=C2C=CC(=C(C#N)C#N)c3ccccc32)cc1. The molecule has 0 saturated carbocycles. The summed E-state index contributed by atoms with van der Waals surface area (Å²) in [6, 6.07) is 19.9. The minimum atomic E-state index is 0.112. The van der Waals surface area contributed by atoms with Crippen molar-refractivity contribution in [3.8, 4) is 12.1 Å². The number of hydrogen-bond acceptors (Lipinski definition) is 4. The van der Waals surface area contributed by atoms with Crippen molar-refractivity contribution in [2.24, 2.45) is 4.99 Å². The second-order valence-corrected chi connectivity index (χ2v) is 6.08. The van der Waals surface area contributed by atoms with Crippen LogP contribution in [0.2, 0.25) is 0 Å². The molecule has 0 saturated heterocycles. The van der Waals surface area contributed by atoms with E-state index in [4.69, 9.17) is 4.99 Å². The summed E-state index contributed by atoms with van der Waals surface area (Å²) in [6.07, 6.45) is 3.66. The summed E-state index contributed by atoms with van der Waals surface area (Å²) in [5, 5.41) is 18.4. The van der Waals surface area contributed by atoms with Gasteiger partial charge in [0, 0.05) is 29.9 Å². The molecule has 132 valence electrons. The molecule has 1 aliphatic rings. The highest BCUT2D eigenvalue weighted by atomic mass is 15.1. The maximum atomic E-state index is 9.22. The molecule has 0 N–H and O–H groups in total. The van der Waals surface area contributed by atoms with E-state index in [1.54, 1.807) is 6.08 Å². The topological polar surface area (TPSA) is 63.2 Å². The Balaban J connectivity index is 2.02. The van der Waals surface area contributed by atoms with Gasteiger partial charge in [0.2, 0.25) is 0 Å². The van der Waals surface area contributed by atoms with Crippen molar-refractivity contribution in [1.82, 2.24) is 0 Å². The van der Waals surface area contributed by atoms with E-state index in [9.17, 15) is 10.5 Å². The lowest BCUT2D eigenvalue weighted by Crippen LogP contribution is -2.21. The number of anilines is 1. The Bertz CT molecular complexity index is 992. The number of fused-ring (bicyclic) bond motifs is 1. The summed E-state index contributed by atoms with van der Waals surface area (Å²) in [7, 11) is 0. The molecule has 0 aromatic heterocycles. The van der Waals surface area contributed by atoms with Crippen molar-refractivity contribution in [3.63, 3.8) is 0 Å². The quantitative estimate of drug-likeness (QED) is 0.725. The maximum Gasteiger partial charge on any atom is 0.137 e. The molecule has 0 fully saturated rings. The lowest BCUT2D eigenvalue weighted by atomic mass is 9.89. The summed E-state index contributed by atoms with van der Waals surface area (Å²) in [4.78, 5) is 7.07. The first kappa shape index (κ1) is 18.2. The van der Waals surface area contributed by atoms with Crippen LogP contribution in [0, 0.1) is 22.7 Å². The first-order valence-electron chi connectivity index (χ1n) is 8.97. The van der Waals surface area contributed by atoms with E-state index in [0.29, 0.717) is 5.57 Å². The Morgan fingerprint density at radius 3 is 2.11 bits per heavy atom. The standard InChI is InChI=1S/C23H20N4/c1-3-27(4-2)19-11-9-18(10-12-19)26-23-14-13-20(17(15-24)16-25)21-7-5-6-8-22(21)23/h5-14H,3-4H2,1-2H3. The Morgan fingerprint density at radius 1 is 0.889 bits per heavy atom. The minimum Gasteiger partial charge on any atom is -0.372 e. The zero-order valence-electron chi connectivity index (χ0n) is 15.5. The van der Waals surface area contributed by atoms with Crippen molar-refractivity contribution in [2.75, 3.05) is 18.0 Å². The number of allylic oxidation sites excluding steroid dienone is 4. The van der Waals surface area contributed by atoms with Gasteiger partial charge in [-0.1, -0.05) is 30.3 Å². The van der Waals surface area contributed by atoms with E-state index >= 15 is 0 Å². The predicted octanol–water partition coefficient (Wildman–Crippen LogP) is 5.02. The smallest absolute Gasteiger partial charge is 0.137 e. The molecule has 0 heterocycles. The first-order chi connectivity index (χ1) is 13.2. The second kappa shape index (κ2) is 8.17. The van der Waals surface area contributed by atoms with E-state index in [-0.39, 0.29) is 5.57 Å². The molecule has 4 heteroatoms. The van der Waals surface area contributed by atoms with Crippen LogP contribution in [0.15, 0.2) is 71.2 Å². The van der Waals surface area contributed by atoms with Crippen molar-refractivity contribution in [2.45, 2.75) is 13.8 Å². The molecule has 0 aliphatic heterocycles. The van der Waals surface area contributed by atoms with Crippen LogP contribution < -0.4 is 4.90 Å². The van der Waals surface area contributed by atoms with Crippen LogP contribution in [0.5, 0.6) is 0 Å². The number of aliphatic imine (C=N–C) groups is 1. The number of nitrogens with zero attached hydrogens (tertiary/aromatic N) is 4. The molecule has 0 atom stereocenters. The molecule has 2 aromatic rings. The fourth-order valence-electron chi connectivity index (χ4n) is 3.21. The van der Waals surface area contributed by atoms with E-state index < -0.39 is 0 Å². The average molecular weight is 352 g/mol. The molecule has 0 radical (unpaired) electrons. The minimum absolute atomic E-state index is 0.112. The lowest BCUT2D eigenvalue weighted by molar-refractivity contribution is 0.866. The van der Waals surface area contributed by atoms with Gasteiger partial charge in [0.15, 0.2) is 0 Å². The number of nitriles is 2. The van der Waals surface area contributed by atoms with Gasteiger partial charge in [0.05, 0.1) is 11.4 Å². The van der Waals surface area contributed by atoms with Gasteiger partial charge in [0.25, 0.3) is 0 Å². The zero-order chi connectivity index (χ0) is 19.2. The maximum absolute atomic E-state index is 9.22. The highest BCUT2D eigenvalue weighted by Gasteiger charge is 2.17. The monoisotopic (exact) mass is 352 g/mol. The molecule has 2 aromatic carbocycles. The van der Waals surface area contributed by atoms with Crippen LogP contribution in [0.3, 0.4) is 0 Å². The summed E-state index contributed by atoms with van der Waals surface area (Å²) in [5.74, 6) is 0. The third-order valence-corrected chi connectivity index (χ3v) is 4.62. The zero-order valence-corrected chi connectivity index (χ0v) is 15.5. The molecule has 0 bridgehead atoms. The molecular weight excluding hydrogens is 332 g/mol. The Hall–Kier alpha value is -3.63. The normalized spacial score (nSPS) is 13.6. The fourth-order valence-corrected chi connectivity index (χ4v) is 3.21. The van der Waals surface area contributed by atoms with Crippen LogP contribution in [-0.4, -0.2) is 18.8 Å². The van der Waals surface area contributed by atoms with E-state index in [2.05, 4.69) is 30.9 Å². The Kier molecular flexibility index (Phi) is 5.50. The molecule has 1 aliphatic carbocycles. The average Bonchev–Trinajstić information content (AvgIpc) is 2.72. The summed E-state index contributed by atoms with van der Waals surface area (Å²) in [5.41, 5.74) is 5.41. The fraction of sp³-hybridized carbons (Fsp3) is 0.174. The van der Waals surface area contributed by atoms with Gasteiger partial charge in [-0.05, 0) is 49.8 Å². The number of benzene rings is 2. The summed E-state index contributed by atoms with van der Waals surface area (Å²) in [6.45, 7) is 6.22. The van der Waals surface area contributed by atoms with Gasteiger partial charge in [-0.15, -0.1) is 0 Å². The van der Waals surface area contributed by atoms with Crippen LogP contribution >= 0.6 is 0 Å². The van der Waals surface area contributed by atoms with E-state index in [1.165, 1.54) is 5.69 Å². The summed E-state index contributed by atoms with van der Waals surface area (Å²) >= 11 is 0. The highest BCUT2D eigenvalue weighted by molar-refractivity contribution is 6.17. The van der Waals surface area contributed by atoms with Gasteiger partial charge in [0.1, 0.15) is 17.7 Å². The summed E-state index contributed by atoms with van der Waals surface area (Å²) < 4.78 is 0. The van der Waals surface area contributed by atoms with E-state index in [0.717, 1.165) is 35.6 Å². The highest BCUT2D eigenvalue weighted by Crippen LogP contribution is 2.30. The molecular formula is C23H20N4. The number of rotatable bonds is 4. The second-order valence-electron chi connectivity index (χ2n) is 6.08. The first-order valence-corrected chi connectivity index (χ1v) is 8.97. The lowest BCUT2D eigenvalue weighted by Gasteiger charge is -2.21. The molecule has 27 heavy (non-hydrogen) atoms. The largest absolute Gasteiger partial charge is 0.372 e. The molecule has 4 nitrogen and oxygen atoms in total. The van der Waals surface area contributed by atoms with Gasteiger partial charge in [-0.3, -0.25) is 0 Å². The predicted molar refractivity (Wildman–Crippen MR) is 110 cm³/mol. The third-order valence-electron chi connectivity index (χ3n) is 4.62. The van der Waals surface area contributed by atoms with Gasteiger partial charge < -0.3 is 4.90 Å². The van der Waals surface area contributed by atoms with Gasteiger partial charge in [-0.2, -0.15) is 10.5 Å². The van der Waals surface area contributed by atoms with Crippen molar-refractivity contribution in [3.05, 3.63) is 77.4 Å². The van der Waals surface area contributed by atoms with Gasteiger partial charge >= 0.3 is 0 Å².